The van der Waals surface area contributed by atoms with Gasteiger partial charge in [0.15, 0.2) is 17.2 Å². The minimum absolute atomic E-state index is 0.117. The van der Waals surface area contributed by atoms with Crippen molar-refractivity contribution in [2.45, 2.75) is 6.54 Å². The summed E-state index contributed by atoms with van der Waals surface area (Å²) in [6.45, 7) is 0.432. The van der Waals surface area contributed by atoms with Crippen molar-refractivity contribution in [3.05, 3.63) is 65.7 Å². The zero-order valence-corrected chi connectivity index (χ0v) is 13.0. The molecule has 0 bridgehead atoms. The first-order valence-electron chi connectivity index (χ1n) is 7.53. The Bertz CT molecular complexity index is 941. The van der Waals surface area contributed by atoms with Crippen molar-refractivity contribution in [2.24, 2.45) is 0 Å². The summed E-state index contributed by atoms with van der Waals surface area (Å²) in [5.74, 6) is 0.320. The fraction of sp³-hybridized carbons (Fsp3) is 0.118. The molecule has 25 heavy (non-hydrogen) atoms. The minimum atomic E-state index is -0.422. The van der Waals surface area contributed by atoms with Gasteiger partial charge in [0.25, 0.3) is 5.91 Å². The van der Waals surface area contributed by atoms with Crippen LogP contribution in [0, 0.1) is 5.82 Å². The smallest absolute Gasteiger partial charge is 0.277 e. The van der Waals surface area contributed by atoms with Crippen LogP contribution in [0.1, 0.15) is 16.1 Å². The van der Waals surface area contributed by atoms with Crippen LogP contribution in [0.15, 0.2) is 48.7 Å². The molecule has 0 atom stereocenters. The molecule has 8 heteroatoms. The van der Waals surface area contributed by atoms with Crippen molar-refractivity contribution in [3.8, 4) is 11.5 Å². The normalized spacial score (nSPS) is 12.2. The second-order valence-electron chi connectivity index (χ2n) is 5.42. The zero-order valence-electron chi connectivity index (χ0n) is 13.0. The molecule has 0 saturated carbocycles. The summed E-state index contributed by atoms with van der Waals surface area (Å²) >= 11 is 0. The second-order valence-corrected chi connectivity index (χ2v) is 5.42. The number of para-hydroxylation sites is 1. The number of anilines is 1. The summed E-state index contributed by atoms with van der Waals surface area (Å²) in [5.41, 5.74) is 1.37. The maximum atomic E-state index is 13.2. The molecule has 0 unspecified atom stereocenters. The molecule has 1 amide bonds. The number of fused-ring (bicyclic) bond motifs is 1. The molecule has 2 heterocycles. The predicted octanol–water partition coefficient (Wildman–Crippen LogP) is 2.45. The van der Waals surface area contributed by atoms with Crippen LogP contribution in [0.25, 0.3) is 0 Å². The number of hydrogen-bond acceptors (Lipinski definition) is 5. The van der Waals surface area contributed by atoms with Crippen LogP contribution in [0.3, 0.4) is 0 Å². The molecule has 0 aliphatic carbocycles. The van der Waals surface area contributed by atoms with E-state index in [9.17, 15) is 9.18 Å². The Labute approximate surface area is 142 Å². The molecule has 1 aromatic heterocycles. The van der Waals surface area contributed by atoms with Crippen LogP contribution in [0.4, 0.5) is 10.1 Å². The lowest BCUT2D eigenvalue weighted by Gasteiger charge is -2.06. The Hall–Kier alpha value is -3.42. The van der Waals surface area contributed by atoms with Gasteiger partial charge in [-0.1, -0.05) is 23.4 Å². The molecule has 0 radical (unpaired) electrons. The first kappa shape index (κ1) is 15.1. The number of nitrogens with zero attached hydrogens (tertiary/aromatic N) is 3. The molecule has 4 rings (SSSR count). The maximum Gasteiger partial charge on any atom is 0.277 e. The number of amides is 1. The number of nitrogens with one attached hydrogen (secondary N) is 1. The predicted molar refractivity (Wildman–Crippen MR) is 86.0 cm³/mol. The second kappa shape index (κ2) is 6.23. The van der Waals surface area contributed by atoms with Crippen molar-refractivity contribution in [2.75, 3.05) is 12.1 Å². The van der Waals surface area contributed by atoms with Crippen molar-refractivity contribution in [1.29, 1.82) is 0 Å². The molecule has 126 valence electrons. The summed E-state index contributed by atoms with van der Waals surface area (Å²) in [6, 6.07) is 11.4. The molecule has 0 fully saturated rings. The Morgan fingerprint density at radius 2 is 2.12 bits per heavy atom. The molecule has 1 aliphatic heterocycles. The lowest BCUT2D eigenvalue weighted by atomic mass is 10.2. The first-order valence-corrected chi connectivity index (χ1v) is 7.53. The number of benzene rings is 2. The van der Waals surface area contributed by atoms with E-state index >= 15 is 0 Å². The average Bonchev–Trinajstić information content (AvgIpc) is 3.24. The van der Waals surface area contributed by atoms with Gasteiger partial charge in [0.1, 0.15) is 5.82 Å². The highest BCUT2D eigenvalue weighted by atomic mass is 19.1. The van der Waals surface area contributed by atoms with Crippen LogP contribution in [-0.4, -0.2) is 27.7 Å². The van der Waals surface area contributed by atoms with Gasteiger partial charge >= 0.3 is 0 Å². The number of halogens is 1. The van der Waals surface area contributed by atoms with Crippen molar-refractivity contribution in [1.82, 2.24) is 15.0 Å². The summed E-state index contributed by atoms with van der Waals surface area (Å²) in [6.07, 6.45) is 1.50. The lowest BCUT2D eigenvalue weighted by Crippen LogP contribution is -2.13. The average molecular weight is 340 g/mol. The van der Waals surface area contributed by atoms with Gasteiger partial charge in [-0.15, -0.1) is 5.10 Å². The first-order chi connectivity index (χ1) is 12.2. The van der Waals surface area contributed by atoms with Crippen molar-refractivity contribution in [3.63, 3.8) is 0 Å². The van der Waals surface area contributed by atoms with E-state index in [1.807, 2.05) is 0 Å². The standard InChI is InChI=1S/C17H13FN4O3/c18-12-4-1-3-11(7-12)8-22-9-14(20-21-22)17(23)19-13-5-2-6-15-16(13)25-10-24-15/h1-7,9H,8,10H2,(H,19,23). The Balaban J connectivity index is 1.49. The molecule has 1 N–H and O–H groups in total. The van der Waals surface area contributed by atoms with Gasteiger partial charge in [-0.05, 0) is 29.8 Å². The van der Waals surface area contributed by atoms with Gasteiger partial charge in [-0.2, -0.15) is 0 Å². The maximum absolute atomic E-state index is 13.2. The largest absolute Gasteiger partial charge is 0.454 e. The van der Waals surface area contributed by atoms with Crippen LogP contribution < -0.4 is 14.8 Å². The monoisotopic (exact) mass is 340 g/mol. The van der Waals surface area contributed by atoms with E-state index in [2.05, 4.69) is 15.6 Å². The van der Waals surface area contributed by atoms with E-state index in [-0.39, 0.29) is 18.3 Å². The van der Waals surface area contributed by atoms with Crippen molar-refractivity contribution < 1.29 is 18.7 Å². The van der Waals surface area contributed by atoms with Crippen molar-refractivity contribution >= 4 is 11.6 Å². The third-order valence-corrected chi connectivity index (χ3v) is 3.65. The number of rotatable bonds is 4. The fourth-order valence-corrected chi connectivity index (χ4v) is 2.52. The number of carbonyl (C=O) groups excluding carboxylic acids is 1. The lowest BCUT2D eigenvalue weighted by molar-refractivity contribution is 0.102. The summed E-state index contributed by atoms with van der Waals surface area (Å²) < 4.78 is 25.3. The van der Waals surface area contributed by atoms with Gasteiger partial charge in [-0.25, -0.2) is 9.07 Å². The fourth-order valence-electron chi connectivity index (χ4n) is 2.52. The molecule has 2 aromatic carbocycles. The summed E-state index contributed by atoms with van der Waals surface area (Å²) in [5, 5.41) is 10.5. The van der Waals surface area contributed by atoms with Crippen LogP contribution in [-0.2, 0) is 6.54 Å². The van der Waals surface area contributed by atoms with E-state index in [0.717, 1.165) is 5.56 Å². The molecule has 3 aromatic rings. The molecular weight excluding hydrogens is 327 g/mol. The van der Waals surface area contributed by atoms with E-state index in [1.54, 1.807) is 30.3 Å². The molecule has 1 aliphatic rings. The van der Waals surface area contributed by atoms with E-state index < -0.39 is 5.91 Å². The van der Waals surface area contributed by atoms with E-state index in [1.165, 1.54) is 23.0 Å². The quantitative estimate of drug-likeness (QED) is 0.789. The van der Waals surface area contributed by atoms with Gasteiger partial charge in [-0.3, -0.25) is 4.79 Å². The Morgan fingerprint density at radius 3 is 3.00 bits per heavy atom. The Kier molecular flexibility index (Phi) is 3.77. The number of ether oxygens (including phenoxy) is 2. The van der Waals surface area contributed by atoms with E-state index in [0.29, 0.717) is 23.7 Å². The molecular formula is C17H13FN4O3. The van der Waals surface area contributed by atoms with Gasteiger partial charge < -0.3 is 14.8 Å². The van der Waals surface area contributed by atoms with Crippen LogP contribution in [0.2, 0.25) is 0 Å². The highest BCUT2D eigenvalue weighted by Crippen LogP contribution is 2.38. The molecule has 0 spiro atoms. The SMILES string of the molecule is O=C(Nc1cccc2c1OCO2)c1cn(Cc2cccc(F)c2)nn1. The third-order valence-electron chi connectivity index (χ3n) is 3.65. The number of hydrogen-bond donors (Lipinski definition) is 1. The zero-order chi connectivity index (χ0) is 17.2. The number of carbonyl (C=O) groups is 1. The number of aromatic nitrogens is 3. The molecule has 7 nitrogen and oxygen atoms in total. The summed E-state index contributed by atoms with van der Waals surface area (Å²) in [4.78, 5) is 12.4. The molecule has 0 saturated heterocycles. The van der Waals surface area contributed by atoms with Crippen LogP contribution in [0.5, 0.6) is 11.5 Å². The topological polar surface area (TPSA) is 78.3 Å². The minimum Gasteiger partial charge on any atom is -0.454 e. The van der Waals surface area contributed by atoms with Gasteiger partial charge in [0, 0.05) is 0 Å². The Morgan fingerprint density at radius 1 is 1.24 bits per heavy atom. The van der Waals surface area contributed by atoms with Gasteiger partial charge in [0.05, 0.1) is 18.4 Å². The highest BCUT2D eigenvalue weighted by Gasteiger charge is 2.20. The van der Waals surface area contributed by atoms with E-state index in [4.69, 9.17) is 9.47 Å². The summed E-state index contributed by atoms with van der Waals surface area (Å²) in [7, 11) is 0. The highest BCUT2D eigenvalue weighted by molar-refractivity contribution is 6.03. The third kappa shape index (κ3) is 3.14. The van der Waals surface area contributed by atoms with Crippen LogP contribution >= 0.6 is 0 Å². The van der Waals surface area contributed by atoms with Gasteiger partial charge in [0.2, 0.25) is 6.79 Å².